The zero-order chi connectivity index (χ0) is 93.4. The number of halogens is 1. The lowest BCUT2D eigenvalue weighted by molar-refractivity contribution is -0.265. The van der Waals surface area contributed by atoms with Gasteiger partial charge in [-0.1, -0.05) is 77.1 Å². The van der Waals surface area contributed by atoms with Gasteiger partial charge in [0.05, 0.1) is 136 Å². The minimum absolute atomic E-state index is 0.0229. The molecule has 5 heterocycles. The Morgan fingerprint density at radius 2 is 1.33 bits per heavy atom. The molecule has 129 heavy (non-hydrogen) atoms. The van der Waals surface area contributed by atoms with Crippen LogP contribution in [-0.4, -0.2) is 295 Å². The van der Waals surface area contributed by atoms with E-state index in [2.05, 4.69) is 15.6 Å². The van der Waals surface area contributed by atoms with Crippen LogP contribution < -0.4 is 21.1 Å². The number of methoxy groups -OCH3 is 3. The molecule has 5 aliphatic rings. The van der Waals surface area contributed by atoms with Gasteiger partial charge in [-0.3, -0.25) is 24.0 Å². The minimum atomic E-state index is -4.19. The molecule has 0 spiro atoms. The molecule has 1 saturated carbocycles. The Labute approximate surface area is 760 Å². The van der Waals surface area contributed by atoms with E-state index >= 15 is 4.39 Å². The summed E-state index contributed by atoms with van der Waals surface area (Å²) in [5, 5.41) is 29.1. The number of aliphatic hydroxyl groups is 2. The van der Waals surface area contributed by atoms with Crippen LogP contribution in [0.1, 0.15) is 160 Å². The number of aromatic nitrogens is 1. The Morgan fingerprint density at radius 1 is 0.682 bits per heavy atom. The first-order valence-corrected chi connectivity index (χ1v) is 47.2. The number of cyclic esters (lactones) is 1. The topological polar surface area (TPSA) is 402 Å². The lowest BCUT2D eigenvalue weighted by Crippen LogP contribution is -2.61. The van der Waals surface area contributed by atoms with Crippen LogP contribution in [0.5, 0.6) is 5.75 Å². The molecule has 4 amide bonds. The smallest absolute Gasteiger partial charge is 0.407 e. The van der Waals surface area contributed by atoms with E-state index in [1.807, 2.05) is 95.3 Å². The summed E-state index contributed by atoms with van der Waals surface area (Å²) in [5.41, 5.74) is 9.52. The second-order valence-corrected chi connectivity index (χ2v) is 36.3. The van der Waals surface area contributed by atoms with Gasteiger partial charge in [0.2, 0.25) is 11.7 Å². The van der Waals surface area contributed by atoms with E-state index < -0.39 is 128 Å². The number of nitrogen functional groups attached to an aromatic ring is 1. The molecule has 2 bridgehead atoms. The number of hydrogen-bond donors (Lipinski definition) is 5. The maximum absolute atomic E-state index is 15.8. The quantitative estimate of drug-likeness (QED) is 0.0153. The van der Waals surface area contributed by atoms with Gasteiger partial charge >= 0.3 is 12.1 Å². The zero-order valence-electron chi connectivity index (χ0n) is 77.2. The van der Waals surface area contributed by atoms with E-state index in [4.69, 9.17) is 76.8 Å². The van der Waals surface area contributed by atoms with Crippen LogP contribution >= 0.6 is 0 Å². The second kappa shape index (κ2) is 55.5. The lowest BCUT2D eigenvalue weighted by atomic mass is 9.78. The van der Waals surface area contributed by atoms with Crippen molar-refractivity contribution in [2.24, 2.45) is 35.5 Å². The number of pyridine rings is 1. The molecule has 3 fully saturated rings. The number of rotatable bonds is 40. The SMILES string of the molecule is CO[C@H]1C[C@@H]2CC[C@@H](C)[C@@](O)(O2)C(=O)C(=O)N2CCCC[C@H]2C(=O)O[C@H]([C@H](C)C[C@@H]2CC[C@@H](OC(=O)NCCOCCOCCOCCOCCOCCOCCOCCOCCC(=O)NCCS(=O)(=O)c3ccc(C(=O)N4CCOc5ccc(-c6ccc(N)nc6)cc5C4)c(C)c3F)[C@H](OC)C2)CC[C@H](C)/C=C(\C)[C@@H](O)[C@@H](OC)C(=O)[C@H](C)CC(C)/C=C/C=C/C=C/1C. The van der Waals surface area contributed by atoms with Crippen molar-refractivity contribution in [2.45, 2.75) is 211 Å². The summed E-state index contributed by atoms with van der Waals surface area (Å²) in [4.78, 5) is 103. The number of sulfone groups is 1. The summed E-state index contributed by atoms with van der Waals surface area (Å²) >= 11 is 0. The molecule has 32 nitrogen and oxygen atoms in total. The summed E-state index contributed by atoms with van der Waals surface area (Å²) < 4.78 is 129. The van der Waals surface area contributed by atoms with Crippen LogP contribution in [0.3, 0.4) is 0 Å². The summed E-state index contributed by atoms with van der Waals surface area (Å²) in [7, 11) is 0.403. The van der Waals surface area contributed by atoms with Crippen LogP contribution in [-0.2, 0) is 107 Å². The van der Waals surface area contributed by atoms with Crippen molar-refractivity contribution in [3.63, 3.8) is 0 Å². The summed E-state index contributed by atoms with van der Waals surface area (Å²) in [6.45, 7) is 20.2. The zero-order valence-corrected chi connectivity index (χ0v) is 78.0. The molecule has 1 unspecified atom stereocenters. The maximum Gasteiger partial charge on any atom is 0.407 e. The molecular formula is C95H141FN6O26S. The van der Waals surface area contributed by atoms with Crippen LogP contribution in [0.25, 0.3) is 11.1 Å². The number of amides is 4. The minimum Gasteiger partial charge on any atom is -0.491 e. The molecule has 3 aromatic rings. The highest BCUT2D eigenvalue weighted by Crippen LogP contribution is 2.40. The number of nitrogens with zero attached hydrogens (tertiary/aromatic N) is 3. The summed E-state index contributed by atoms with van der Waals surface area (Å²) in [5.74, 6) is -8.35. The molecule has 720 valence electrons. The van der Waals surface area contributed by atoms with Crippen molar-refractivity contribution in [2.75, 3.05) is 171 Å². The molecule has 34 heteroatoms. The van der Waals surface area contributed by atoms with E-state index in [0.717, 1.165) is 28.3 Å². The van der Waals surface area contributed by atoms with Crippen molar-refractivity contribution in [3.05, 3.63) is 119 Å². The number of allylic oxidation sites excluding steroid dienone is 6. The molecule has 4 aliphatic heterocycles. The Kier molecular flexibility index (Phi) is 45.7. The van der Waals surface area contributed by atoms with E-state index in [0.29, 0.717) is 173 Å². The highest BCUT2D eigenvalue weighted by molar-refractivity contribution is 7.91. The number of aliphatic hydroxyl groups excluding tert-OH is 1. The Balaban J connectivity index is 0.639. The van der Waals surface area contributed by atoms with E-state index in [-0.39, 0.29) is 119 Å². The highest BCUT2D eigenvalue weighted by atomic mass is 32.2. The first-order chi connectivity index (χ1) is 62.0. The number of Topliss-reactive ketones (excluding diaryl/α,β-unsaturated/α-hetero) is 2. The molecular weight excluding hydrogens is 1690 g/mol. The number of fused-ring (bicyclic) bond motifs is 4. The van der Waals surface area contributed by atoms with Gasteiger partial charge < -0.3 is 107 Å². The van der Waals surface area contributed by atoms with E-state index in [1.165, 1.54) is 29.9 Å². The molecule has 1 aromatic heterocycles. The normalized spacial score (nSPS) is 26.7. The number of ketones is 2. The predicted molar refractivity (Wildman–Crippen MR) is 479 cm³/mol. The maximum atomic E-state index is 15.8. The lowest BCUT2D eigenvalue weighted by Gasteiger charge is -2.42. The monoisotopic (exact) mass is 1830 g/mol. The van der Waals surface area contributed by atoms with Gasteiger partial charge in [0.1, 0.15) is 59.3 Å². The Hall–Kier alpha value is -8.04. The van der Waals surface area contributed by atoms with Crippen LogP contribution in [0, 0.1) is 48.2 Å². The van der Waals surface area contributed by atoms with Crippen LogP contribution in [0.4, 0.5) is 15.0 Å². The van der Waals surface area contributed by atoms with Crippen LogP contribution in [0.15, 0.2) is 101 Å². The van der Waals surface area contributed by atoms with Crippen LogP contribution in [0.2, 0.25) is 0 Å². The summed E-state index contributed by atoms with van der Waals surface area (Å²) in [6.07, 6.45) is 14.0. The molecule has 0 radical (unpaired) electrons. The average molecular weight is 1830 g/mol. The van der Waals surface area contributed by atoms with E-state index in [9.17, 15) is 52.2 Å². The van der Waals surface area contributed by atoms with Gasteiger partial charge in [-0.05, 0) is 180 Å². The standard InChI is InChI=1S/C95H141FN6O26S/c1-63-17-13-12-14-18-65(3)81(114-9)60-75-25-21-69(7)95(111,128-75)90(106)92(108)102-35-16-15-19-77(102)93(109)126-78(27-20-64(2)56-68(6)88(105)89(116-11)87(104)67(5)55-63)66(4)57-71-22-28-80(82(58-71)115-10)127-94(110)99-33-38-118-41-43-120-45-47-122-49-51-124-53-52-123-50-48-121-46-44-119-42-40-117-37-32-85(103)98-34-54-129(112,113)83-30-26-76(70(8)86(83)96)91(107)101-36-39-125-79-29-23-72(59-74(79)62-101)73-24-31-84(97)100-61-73/h12-14,17-18,23-24,26,29-31,56,59,61,63-64,66-67,69,71,75,77-78,80-82,88-89,105,111H,15-16,19-22,25,27-28,32-55,57-58,60,62H2,1-11H3,(H2,97,100)(H,98,103)(H,99,110)/b14-12+,17-13+,65-18+,68-56+/t63?,64-,66+,67+,69+,71-,75-,77-,78-,80+,81-,82+,88+,89-,95+/m0/s1. The van der Waals surface area contributed by atoms with Crippen molar-refractivity contribution in [3.8, 4) is 16.9 Å². The number of carbonyl (C=O) groups is 7. The number of anilines is 1. The fraction of sp³-hybridized carbons (Fsp3) is 0.663. The van der Waals surface area contributed by atoms with Crippen molar-refractivity contribution >= 4 is 57.0 Å². The largest absolute Gasteiger partial charge is 0.491 e. The van der Waals surface area contributed by atoms with Crippen molar-refractivity contribution in [1.82, 2.24) is 25.4 Å². The first-order valence-electron chi connectivity index (χ1n) is 45.5. The van der Waals surface area contributed by atoms with Gasteiger partial charge in [0.15, 0.2) is 15.6 Å². The third-order valence-electron chi connectivity index (χ3n) is 24.4. The Morgan fingerprint density at radius 3 is 1.97 bits per heavy atom. The van der Waals surface area contributed by atoms with Gasteiger partial charge in [-0.2, -0.15) is 0 Å². The van der Waals surface area contributed by atoms with Crippen molar-refractivity contribution < 1.29 is 128 Å². The second-order valence-electron chi connectivity index (χ2n) is 34.2. The fourth-order valence-corrected chi connectivity index (χ4v) is 18.1. The molecule has 2 saturated heterocycles. The number of ether oxygens (including phenoxy) is 15. The fourth-order valence-electron chi connectivity index (χ4n) is 16.8. The molecule has 1 aliphatic carbocycles. The number of carbonyl (C=O) groups excluding carboxylic acids is 7. The van der Waals surface area contributed by atoms with Gasteiger partial charge in [0.25, 0.3) is 17.6 Å². The number of alkyl carbamates (subject to hydrolysis) is 1. The van der Waals surface area contributed by atoms with E-state index in [1.54, 1.807) is 40.3 Å². The number of nitrogens with one attached hydrogen (secondary N) is 2. The Bertz CT molecular complexity index is 4270. The number of esters is 1. The number of nitrogens with two attached hydrogens (primary N) is 1. The molecule has 6 N–H and O–H groups in total. The summed E-state index contributed by atoms with van der Waals surface area (Å²) in [6, 6.07) is 10.4. The third kappa shape index (κ3) is 33.9. The molecule has 8 rings (SSSR count). The predicted octanol–water partition coefficient (Wildman–Crippen LogP) is 9.98. The van der Waals surface area contributed by atoms with Gasteiger partial charge in [-0.25, -0.2) is 27.4 Å². The van der Waals surface area contributed by atoms with Gasteiger partial charge in [-0.15, -0.1) is 0 Å². The number of benzene rings is 2. The first kappa shape index (κ1) is 106. The molecule has 2 aromatic carbocycles. The highest BCUT2D eigenvalue weighted by Gasteiger charge is 2.53. The number of hydrogen-bond acceptors (Lipinski definition) is 28. The van der Waals surface area contributed by atoms with Crippen molar-refractivity contribution in [1.29, 1.82) is 0 Å². The number of piperidine rings is 1. The third-order valence-corrected chi connectivity index (χ3v) is 26.1. The average Bonchev–Trinajstić information content (AvgIpc) is 1.73. The molecule has 15 atom stereocenters. The van der Waals surface area contributed by atoms with Gasteiger partial charge in [0, 0.05) is 95.1 Å².